The Morgan fingerprint density at radius 1 is 0.595 bits per heavy atom. The maximum Gasteiger partial charge on any atom is 0.269 e. The molecule has 6 heteroatoms. The fourth-order valence-electron chi connectivity index (χ4n) is 5.82. The predicted octanol–water partition coefficient (Wildman–Crippen LogP) is 7.38. The van der Waals surface area contributed by atoms with Crippen molar-refractivity contribution < 1.29 is 9.85 Å². The van der Waals surface area contributed by atoms with Crippen LogP contribution in [0.1, 0.15) is 33.4 Å². The third-order valence-corrected chi connectivity index (χ3v) is 7.42. The molecule has 0 unspecified atom stereocenters. The number of nitro benzene ring substituents is 2. The molecule has 4 aromatic carbocycles. The second-order valence-electron chi connectivity index (χ2n) is 9.57. The molecular formula is C31H22N2O4. The third-order valence-electron chi connectivity index (χ3n) is 7.42. The number of allylic oxidation sites excluding steroid dienone is 2. The van der Waals surface area contributed by atoms with Crippen molar-refractivity contribution >= 4 is 34.7 Å². The van der Waals surface area contributed by atoms with E-state index in [0.717, 1.165) is 44.5 Å². The summed E-state index contributed by atoms with van der Waals surface area (Å²) in [6.45, 7) is 0. The average Bonchev–Trinajstić information content (AvgIpc) is 3.38. The van der Waals surface area contributed by atoms with Crippen LogP contribution >= 0.6 is 0 Å². The zero-order valence-electron chi connectivity index (χ0n) is 19.8. The van der Waals surface area contributed by atoms with Gasteiger partial charge in [0.15, 0.2) is 0 Å². The van der Waals surface area contributed by atoms with E-state index < -0.39 is 5.41 Å². The van der Waals surface area contributed by atoms with E-state index in [4.69, 9.17) is 0 Å². The Hall–Kier alpha value is -4.84. The van der Waals surface area contributed by atoms with Crippen LogP contribution in [0, 0.1) is 25.6 Å². The number of nitro groups is 2. The molecule has 37 heavy (non-hydrogen) atoms. The first kappa shape index (κ1) is 22.6. The van der Waals surface area contributed by atoms with Crippen LogP contribution in [0.4, 0.5) is 11.4 Å². The highest BCUT2D eigenvalue weighted by Crippen LogP contribution is 2.61. The van der Waals surface area contributed by atoms with E-state index >= 15 is 0 Å². The first-order valence-electron chi connectivity index (χ1n) is 12.0. The fraction of sp³-hybridized carbons (Fsp3) is 0.0968. The second kappa shape index (κ2) is 8.68. The van der Waals surface area contributed by atoms with Gasteiger partial charge in [0, 0.05) is 29.7 Å². The van der Waals surface area contributed by atoms with Crippen LogP contribution in [0.25, 0.3) is 23.3 Å². The molecule has 6 nitrogen and oxygen atoms in total. The number of fused-ring (bicyclic) bond motifs is 2. The molecule has 0 atom stereocenters. The molecule has 0 bridgehead atoms. The maximum absolute atomic E-state index is 11.6. The van der Waals surface area contributed by atoms with Crippen LogP contribution in [0.5, 0.6) is 0 Å². The number of non-ortho nitro benzene ring substituents is 2. The summed E-state index contributed by atoms with van der Waals surface area (Å²) in [5, 5.41) is 23.2. The van der Waals surface area contributed by atoms with Gasteiger partial charge in [0.05, 0.1) is 9.85 Å². The highest BCUT2D eigenvalue weighted by atomic mass is 16.6. The highest BCUT2D eigenvalue weighted by Gasteiger charge is 2.50. The van der Waals surface area contributed by atoms with Crippen molar-refractivity contribution in [3.63, 3.8) is 0 Å². The van der Waals surface area contributed by atoms with Gasteiger partial charge in [0.2, 0.25) is 0 Å². The summed E-state index contributed by atoms with van der Waals surface area (Å²) in [7, 11) is 0. The van der Waals surface area contributed by atoms with Gasteiger partial charge < -0.3 is 0 Å². The first-order valence-corrected chi connectivity index (χ1v) is 12.0. The Labute approximate surface area is 213 Å². The van der Waals surface area contributed by atoms with Crippen molar-refractivity contribution in [3.8, 4) is 0 Å². The summed E-state index contributed by atoms with van der Waals surface area (Å²) >= 11 is 0. The summed E-state index contributed by atoms with van der Waals surface area (Å²) in [6, 6.07) is 30.2. The topological polar surface area (TPSA) is 86.3 Å². The number of rotatable bonds is 4. The Kier molecular flexibility index (Phi) is 5.30. The molecule has 2 aliphatic rings. The Bertz CT molecular complexity index is 1500. The van der Waals surface area contributed by atoms with E-state index in [-0.39, 0.29) is 21.2 Å². The van der Waals surface area contributed by atoms with E-state index in [1.165, 1.54) is 0 Å². The molecule has 0 fully saturated rings. The molecule has 2 aliphatic carbocycles. The maximum atomic E-state index is 11.6. The van der Waals surface area contributed by atoms with Crippen LogP contribution in [-0.4, -0.2) is 9.85 Å². The summed E-state index contributed by atoms with van der Waals surface area (Å²) in [6.07, 6.45) is 5.47. The van der Waals surface area contributed by atoms with Gasteiger partial charge in [-0.1, -0.05) is 72.8 Å². The second-order valence-corrected chi connectivity index (χ2v) is 9.57. The predicted molar refractivity (Wildman–Crippen MR) is 145 cm³/mol. The van der Waals surface area contributed by atoms with Gasteiger partial charge in [-0.25, -0.2) is 0 Å². The SMILES string of the molecule is O=[N+]([O-])c1ccc2c(c1)CC1(Cc3cc([N+](=O)[O-])ccc3/C1=C\c1ccccc1)/C2=C/c1ccccc1. The van der Waals surface area contributed by atoms with Gasteiger partial charge in [-0.3, -0.25) is 20.2 Å². The van der Waals surface area contributed by atoms with Gasteiger partial charge in [-0.15, -0.1) is 0 Å². The van der Waals surface area contributed by atoms with Gasteiger partial charge in [0.1, 0.15) is 0 Å². The molecule has 0 amide bonds. The molecule has 6 rings (SSSR count). The van der Waals surface area contributed by atoms with E-state index in [2.05, 4.69) is 12.2 Å². The van der Waals surface area contributed by atoms with Crippen LogP contribution in [0.3, 0.4) is 0 Å². The van der Waals surface area contributed by atoms with Crippen molar-refractivity contribution in [1.29, 1.82) is 0 Å². The molecule has 0 aliphatic heterocycles. The standard InChI is InChI=1S/C31H22N2O4/c34-32(35)25-11-13-27-23(17-25)19-31(29(27)15-21-7-3-1-4-8-21)20-24-18-26(33(36)37)12-14-28(24)30(31)16-22-9-5-2-6-10-22/h1-18H,19-20H2/b29-15+,30-16+. The monoisotopic (exact) mass is 486 g/mol. The van der Waals surface area contributed by atoms with Crippen LogP contribution < -0.4 is 0 Å². The smallest absolute Gasteiger partial charge is 0.258 e. The van der Waals surface area contributed by atoms with E-state index in [0.29, 0.717) is 12.8 Å². The normalized spacial score (nSPS) is 19.8. The molecule has 0 aromatic heterocycles. The summed E-state index contributed by atoms with van der Waals surface area (Å²) in [5.74, 6) is 0. The van der Waals surface area contributed by atoms with Gasteiger partial charge >= 0.3 is 0 Å². The number of hydrogen-bond donors (Lipinski definition) is 0. The number of nitrogens with zero attached hydrogens (tertiary/aromatic N) is 2. The lowest BCUT2D eigenvalue weighted by molar-refractivity contribution is -0.385. The summed E-state index contributed by atoms with van der Waals surface area (Å²) in [4.78, 5) is 22.5. The van der Waals surface area contributed by atoms with Gasteiger partial charge in [0.25, 0.3) is 11.4 Å². The van der Waals surface area contributed by atoms with Crippen molar-refractivity contribution in [2.45, 2.75) is 12.8 Å². The summed E-state index contributed by atoms with van der Waals surface area (Å²) < 4.78 is 0. The largest absolute Gasteiger partial charge is 0.269 e. The lowest BCUT2D eigenvalue weighted by Crippen LogP contribution is -2.20. The Balaban J connectivity index is 1.62. The fourth-order valence-corrected chi connectivity index (χ4v) is 5.82. The quantitative estimate of drug-likeness (QED) is 0.222. The zero-order valence-corrected chi connectivity index (χ0v) is 19.8. The van der Waals surface area contributed by atoms with Crippen LogP contribution in [-0.2, 0) is 12.8 Å². The van der Waals surface area contributed by atoms with E-state index in [1.807, 2.05) is 72.8 Å². The number of hydrogen-bond acceptors (Lipinski definition) is 4. The minimum absolute atomic E-state index is 0.0644. The first-order chi connectivity index (χ1) is 17.9. The molecular weight excluding hydrogens is 464 g/mol. The van der Waals surface area contributed by atoms with Crippen LogP contribution in [0.15, 0.2) is 97.1 Å². The molecule has 0 N–H and O–H groups in total. The highest BCUT2D eigenvalue weighted by molar-refractivity contribution is 6.04. The van der Waals surface area contributed by atoms with Gasteiger partial charge in [-0.2, -0.15) is 0 Å². The minimum atomic E-state index is -0.513. The minimum Gasteiger partial charge on any atom is -0.258 e. The average molecular weight is 487 g/mol. The van der Waals surface area contributed by atoms with Crippen molar-refractivity contribution in [3.05, 3.63) is 151 Å². The lowest BCUT2D eigenvalue weighted by atomic mass is 9.73. The van der Waals surface area contributed by atoms with E-state index in [1.54, 1.807) is 24.3 Å². The molecule has 0 radical (unpaired) electrons. The Morgan fingerprint density at radius 2 is 1.00 bits per heavy atom. The lowest BCUT2D eigenvalue weighted by Gasteiger charge is -2.29. The van der Waals surface area contributed by atoms with Crippen LogP contribution in [0.2, 0.25) is 0 Å². The molecule has 0 saturated carbocycles. The molecule has 0 saturated heterocycles. The van der Waals surface area contributed by atoms with Crippen molar-refractivity contribution in [1.82, 2.24) is 0 Å². The van der Waals surface area contributed by atoms with Crippen molar-refractivity contribution in [2.75, 3.05) is 0 Å². The zero-order chi connectivity index (χ0) is 25.6. The summed E-state index contributed by atoms with van der Waals surface area (Å²) in [5.41, 5.74) is 7.62. The molecule has 1 spiro atoms. The number of benzene rings is 4. The molecule has 0 heterocycles. The molecule has 4 aromatic rings. The Morgan fingerprint density at radius 3 is 1.38 bits per heavy atom. The van der Waals surface area contributed by atoms with Crippen molar-refractivity contribution in [2.24, 2.45) is 5.41 Å². The van der Waals surface area contributed by atoms with Gasteiger partial charge in [-0.05, 0) is 69.5 Å². The third kappa shape index (κ3) is 3.83. The molecule has 180 valence electrons. The van der Waals surface area contributed by atoms with E-state index in [9.17, 15) is 20.2 Å².